The van der Waals surface area contributed by atoms with Crippen molar-refractivity contribution in [2.75, 3.05) is 20.3 Å². The molecule has 0 radical (unpaired) electrons. The second-order valence-electron chi connectivity index (χ2n) is 4.84. The Labute approximate surface area is 119 Å². The van der Waals surface area contributed by atoms with E-state index in [0.717, 1.165) is 11.3 Å². The van der Waals surface area contributed by atoms with Crippen LogP contribution in [-0.2, 0) is 4.74 Å². The second-order valence-corrected chi connectivity index (χ2v) is 4.84. The van der Waals surface area contributed by atoms with Gasteiger partial charge in [-0.1, -0.05) is 12.1 Å². The van der Waals surface area contributed by atoms with E-state index in [2.05, 4.69) is 5.32 Å². The van der Waals surface area contributed by atoms with Crippen LogP contribution in [0.15, 0.2) is 24.3 Å². The summed E-state index contributed by atoms with van der Waals surface area (Å²) < 4.78 is 34.5. The first kappa shape index (κ1) is 16.9. The lowest BCUT2D eigenvalue weighted by atomic mass is 10.0. The molecular weight excluding hydrogens is 264 g/mol. The van der Waals surface area contributed by atoms with Gasteiger partial charge >= 0.3 is 0 Å². The van der Waals surface area contributed by atoms with Crippen LogP contribution in [-0.4, -0.2) is 32.8 Å². The van der Waals surface area contributed by atoms with E-state index in [0.29, 0.717) is 13.0 Å². The molecule has 0 fully saturated rings. The van der Waals surface area contributed by atoms with Crippen molar-refractivity contribution in [3.8, 4) is 5.75 Å². The Morgan fingerprint density at radius 1 is 1.25 bits per heavy atom. The first-order valence-electron chi connectivity index (χ1n) is 6.82. The van der Waals surface area contributed by atoms with Crippen molar-refractivity contribution >= 4 is 0 Å². The highest BCUT2D eigenvalue weighted by Crippen LogP contribution is 2.22. The molecule has 1 aromatic rings. The van der Waals surface area contributed by atoms with Crippen LogP contribution in [0.5, 0.6) is 5.75 Å². The van der Waals surface area contributed by atoms with E-state index in [1.807, 2.05) is 45.2 Å². The number of alkyl halides is 2. The van der Waals surface area contributed by atoms with Crippen molar-refractivity contribution in [2.45, 2.75) is 38.8 Å². The predicted octanol–water partition coefficient (Wildman–Crippen LogP) is 3.41. The first-order valence-corrected chi connectivity index (χ1v) is 6.82. The third kappa shape index (κ3) is 6.30. The maximum absolute atomic E-state index is 12.0. The second kappa shape index (κ2) is 8.87. The molecule has 0 spiro atoms. The Balaban J connectivity index is 2.55. The highest BCUT2D eigenvalue weighted by Gasteiger charge is 2.11. The summed E-state index contributed by atoms with van der Waals surface area (Å²) in [6.07, 6.45) is -1.66. The lowest BCUT2D eigenvalue weighted by molar-refractivity contribution is 0.0145. The molecule has 1 unspecified atom stereocenters. The molecule has 20 heavy (non-hydrogen) atoms. The van der Waals surface area contributed by atoms with Crippen LogP contribution in [0.25, 0.3) is 0 Å². The van der Waals surface area contributed by atoms with E-state index in [9.17, 15) is 8.78 Å². The van der Waals surface area contributed by atoms with Crippen LogP contribution in [0.1, 0.15) is 31.9 Å². The number of ether oxygens (including phenoxy) is 2. The molecule has 0 aliphatic heterocycles. The Morgan fingerprint density at radius 3 is 2.60 bits per heavy atom. The Bertz CT molecular complexity index is 386. The average Bonchev–Trinajstić information content (AvgIpc) is 2.38. The minimum Gasteiger partial charge on any atom is -0.491 e. The molecule has 1 N–H and O–H groups in total. The molecule has 0 aliphatic carbocycles. The van der Waals surface area contributed by atoms with Gasteiger partial charge in [0, 0.05) is 12.6 Å². The molecule has 5 heteroatoms. The van der Waals surface area contributed by atoms with Crippen LogP contribution < -0.4 is 10.1 Å². The van der Waals surface area contributed by atoms with E-state index in [-0.39, 0.29) is 12.1 Å². The summed E-state index contributed by atoms with van der Waals surface area (Å²) in [5, 5.41) is 3.16. The molecule has 1 atom stereocenters. The van der Waals surface area contributed by atoms with Crippen LogP contribution in [0.2, 0.25) is 0 Å². The van der Waals surface area contributed by atoms with Crippen molar-refractivity contribution in [3.05, 3.63) is 29.8 Å². The molecule has 0 bridgehead atoms. The molecule has 0 saturated heterocycles. The van der Waals surface area contributed by atoms with Crippen molar-refractivity contribution in [1.29, 1.82) is 0 Å². The lowest BCUT2D eigenvalue weighted by Gasteiger charge is -2.18. The number of hydrogen-bond acceptors (Lipinski definition) is 3. The van der Waals surface area contributed by atoms with Gasteiger partial charge in [0.05, 0.1) is 6.10 Å². The van der Waals surface area contributed by atoms with E-state index >= 15 is 0 Å². The molecule has 0 aromatic heterocycles. The molecule has 1 rings (SSSR count). The Hall–Kier alpha value is -1.20. The lowest BCUT2D eigenvalue weighted by Crippen LogP contribution is -2.19. The van der Waals surface area contributed by atoms with Gasteiger partial charge in [-0.15, -0.1) is 0 Å². The van der Waals surface area contributed by atoms with E-state index in [1.165, 1.54) is 0 Å². The highest BCUT2D eigenvalue weighted by molar-refractivity contribution is 5.30. The summed E-state index contributed by atoms with van der Waals surface area (Å²) in [7, 11) is 1.84. The number of hydrogen-bond donors (Lipinski definition) is 1. The molecule has 0 amide bonds. The zero-order valence-corrected chi connectivity index (χ0v) is 12.2. The van der Waals surface area contributed by atoms with Gasteiger partial charge in [-0.05, 0) is 45.0 Å². The van der Waals surface area contributed by atoms with E-state index in [4.69, 9.17) is 9.47 Å². The average molecular weight is 287 g/mol. The molecular formula is C15H23F2NO2. The Kier molecular flexibility index (Phi) is 7.47. The fourth-order valence-electron chi connectivity index (χ4n) is 1.93. The van der Waals surface area contributed by atoms with Crippen molar-refractivity contribution in [2.24, 2.45) is 0 Å². The zero-order valence-electron chi connectivity index (χ0n) is 12.2. The molecule has 0 heterocycles. The summed E-state index contributed by atoms with van der Waals surface area (Å²) in [6, 6.07) is 7.85. The minimum absolute atomic E-state index is 0.0587. The number of halogens is 2. The molecule has 0 saturated carbocycles. The fraction of sp³-hybridized carbons (Fsp3) is 0.600. The summed E-state index contributed by atoms with van der Waals surface area (Å²) in [6.45, 7) is 3.73. The van der Waals surface area contributed by atoms with Crippen LogP contribution in [0, 0.1) is 0 Å². The van der Waals surface area contributed by atoms with Crippen LogP contribution >= 0.6 is 0 Å². The maximum atomic E-state index is 12.0. The summed E-state index contributed by atoms with van der Waals surface area (Å²) >= 11 is 0. The molecule has 3 nitrogen and oxygen atoms in total. The predicted molar refractivity (Wildman–Crippen MR) is 75.4 cm³/mol. The number of rotatable bonds is 9. The molecule has 114 valence electrons. The maximum Gasteiger partial charge on any atom is 0.261 e. The third-order valence-corrected chi connectivity index (χ3v) is 2.78. The van der Waals surface area contributed by atoms with Crippen LogP contribution in [0.4, 0.5) is 8.78 Å². The molecule has 0 aliphatic rings. The monoisotopic (exact) mass is 287 g/mol. The third-order valence-electron chi connectivity index (χ3n) is 2.78. The van der Waals surface area contributed by atoms with Gasteiger partial charge in [0.2, 0.25) is 0 Å². The van der Waals surface area contributed by atoms with E-state index in [1.54, 1.807) is 0 Å². The largest absolute Gasteiger partial charge is 0.491 e. The smallest absolute Gasteiger partial charge is 0.261 e. The summed E-state index contributed by atoms with van der Waals surface area (Å²) in [5.74, 6) is 0.811. The quantitative estimate of drug-likeness (QED) is 0.706. The van der Waals surface area contributed by atoms with Crippen molar-refractivity contribution in [1.82, 2.24) is 5.32 Å². The molecule has 1 aromatic carbocycles. The standard InChI is InChI=1S/C15H23F2NO2/c1-11(2)20-13-6-4-5-12(9-13)14(18-3)7-8-19-10-15(16)17/h4-6,9,11,14-15,18H,7-8,10H2,1-3H3. The van der Waals surface area contributed by atoms with Crippen molar-refractivity contribution < 1.29 is 18.3 Å². The fourth-order valence-corrected chi connectivity index (χ4v) is 1.93. The van der Waals surface area contributed by atoms with Gasteiger partial charge in [-0.3, -0.25) is 0 Å². The normalized spacial score (nSPS) is 12.9. The zero-order chi connectivity index (χ0) is 15.0. The minimum atomic E-state index is -2.41. The summed E-state index contributed by atoms with van der Waals surface area (Å²) in [5.41, 5.74) is 1.06. The van der Waals surface area contributed by atoms with Gasteiger partial charge in [0.1, 0.15) is 12.4 Å². The van der Waals surface area contributed by atoms with E-state index < -0.39 is 13.0 Å². The van der Waals surface area contributed by atoms with Gasteiger partial charge < -0.3 is 14.8 Å². The SMILES string of the molecule is CNC(CCOCC(F)F)c1cccc(OC(C)C)c1. The van der Waals surface area contributed by atoms with Gasteiger partial charge in [-0.2, -0.15) is 0 Å². The van der Waals surface area contributed by atoms with Crippen LogP contribution in [0.3, 0.4) is 0 Å². The topological polar surface area (TPSA) is 30.5 Å². The Morgan fingerprint density at radius 2 is 2.00 bits per heavy atom. The highest BCUT2D eigenvalue weighted by atomic mass is 19.3. The van der Waals surface area contributed by atoms with Gasteiger partial charge in [-0.25, -0.2) is 8.78 Å². The summed E-state index contributed by atoms with van der Waals surface area (Å²) in [4.78, 5) is 0. The van der Waals surface area contributed by atoms with Gasteiger partial charge in [0.25, 0.3) is 6.43 Å². The van der Waals surface area contributed by atoms with Crippen molar-refractivity contribution in [3.63, 3.8) is 0 Å². The van der Waals surface area contributed by atoms with Gasteiger partial charge in [0.15, 0.2) is 0 Å². The number of benzene rings is 1. The number of nitrogens with one attached hydrogen (secondary N) is 1. The first-order chi connectivity index (χ1) is 9.52.